The second-order valence-electron chi connectivity index (χ2n) is 6.71. The number of halogens is 2. The second kappa shape index (κ2) is 8.40. The minimum atomic E-state index is 0.0146. The van der Waals surface area contributed by atoms with E-state index in [-0.39, 0.29) is 12.1 Å². The normalized spacial score (nSPS) is 23.3. The molecule has 2 aromatic rings. The maximum Gasteiger partial charge on any atom is 0.124 e. The highest BCUT2D eigenvalue weighted by Crippen LogP contribution is 2.37. The van der Waals surface area contributed by atoms with E-state index in [0.717, 1.165) is 46.4 Å². The van der Waals surface area contributed by atoms with Crippen LogP contribution in [0.5, 0.6) is 5.75 Å². The van der Waals surface area contributed by atoms with E-state index in [4.69, 9.17) is 9.47 Å². The molecular weight excluding hydrogens is 460 g/mol. The van der Waals surface area contributed by atoms with Gasteiger partial charge in [0.05, 0.1) is 12.6 Å². The van der Waals surface area contributed by atoms with Crippen LogP contribution in [0, 0.1) is 0 Å². The molecule has 4 nitrogen and oxygen atoms in total. The first-order valence-electron chi connectivity index (χ1n) is 8.94. The third-order valence-corrected chi connectivity index (χ3v) is 5.84. The van der Waals surface area contributed by atoms with Crippen LogP contribution in [-0.2, 0) is 11.3 Å². The van der Waals surface area contributed by atoms with Gasteiger partial charge in [0.15, 0.2) is 0 Å². The standard InChI is InChI=1S/C20H22Br2N2O2/c21-15-9-14(10-16(22)11-15)12-25-19-13-26-18-4-2-1-3-17(18)20(19)24-7-5-23-6-8-24/h1-4,9-11,19-20,23H,5-8,12-13H2/t19-,20-/m0/s1. The molecule has 0 spiro atoms. The molecule has 26 heavy (non-hydrogen) atoms. The summed E-state index contributed by atoms with van der Waals surface area (Å²) in [4.78, 5) is 2.53. The molecule has 0 aliphatic carbocycles. The van der Waals surface area contributed by atoms with Gasteiger partial charge in [0.1, 0.15) is 18.5 Å². The maximum absolute atomic E-state index is 6.37. The summed E-state index contributed by atoms with van der Waals surface area (Å²) in [6.45, 7) is 5.25. The van der Waals surface area contributed by atoms with Crippen LogP contribution in [0.1, 0.15) is 17.2 Å². The molecule has 1 N–H and O–H groups in total. The summed E-state index contributed by atoms with van der Waals surface area (Å²) in [5.74, 6) is 0.987. The summed E-state index contributed by atoms with van der Waals surface area (Å²) in [6.07, 6.45) is 0.0146. The van der Waals surface area contributed by atoms with Gasteiger partial charge in [-0.05, 0) is 29.8 Å². The highest BCUT2D eigenvalue weighted by atomic mass is 79.9. The van der Waals surface area contributed by atoms with Crippen molar-refractivity contribution in [3.8, 4) is 5.75 Å². The first-order valence-corrected chi connectivity index (χ1v) is 10.5. The Balaban J connectivity index is 1.55. The van der Waals surface area contributed by atoms with Gasteiger partial charge in [0.2, 0.25) is 0 Å². The average Bonchev–Trinajstić information content (AvgIpc) is 2.66. The maximum atomic E-state index is 6.37. The molecule has 0 unspecified atom stereocenters. The van der Waals surface area contributed by atoms with E-state index in [1.165, 1.54) is 5.56 Å². The zero-order valence-corrected chi connectivity index (χ0v) is 17.6. The zero-order valence-electron chi connectivity index (χ0n) is 14.5. The van der Waals surface area contributed by atoms with Crippen LogP contribution >= 0.6 is 31.9 Å². The Labute approximate surface area is 171 Å². The van der Waals surface area contributed by atoms with E-state index < -0.39 is 0 Å². The summed E-state index contributed by atoms with van der Waals surface area (Å²) >= 11 is 7.10. The van der Waals surface area contributed by atoms with E-state index in [2.05, 4.69) is 72.4 Å². The molecule has 0 saturated carbocycles. The summed E-state index contributed by atoms with van der Waals surface area (Å²) in [5.41, 5.74) is 2.38. The molecule has 2 atom stereocenters. The molecule has 2 aromatic carbocycles. The molecule has 0 aromatic heterocycles. The van der Waals surface area contributed by atoms with Gasteiger partial charge >= 0.3 is 0 Å². The fourth-order valence-electron chi connectivity index (χ4n) is 3.75. The van der Waals surface area contributed by atoms with Gasteiger partial charge in [-0.1, -0.05) is 50.1 Å². The molecule has 0 amide bonds. The van der Waals surface area contributed by atoms with Crippen molar-refractivity contribution in [2.75, 3.05) is 32.8 Å². The molecule has 138 valence electrons. The van der Waals surface area contributed by atoms with E-state index in [1.54, 1.807) is 0 Å². The average molecular weight is 482 g/mol. The number of nitrogens with zero attached hydrogens (tertiary/aromatic N) is 1. The Kier molecular flexibility index (Phi) is 5.96. The highest BCUT2D eigenvalue weighted by molar-refractivity contribution is 9.11. The van der Waals surface area contributed by atoms with Crippen molar-refractivity contribution in [2.24, 2.45) is 0 Å². The van der Waals surface area contributed by atoms with Crippen molar-refractivity contribution in [2.45, 2.75) is 18.8 Å². The second-order valence-corrected chi connectivity index (χ2v) is 8.54. The van der Waals surface area contributed by atoms with E-state index in [1.807, 2.05) is 12.1 Å². The molecule has 6 heteroatoms. The molecule has 0 radical (unpaired) electrons. The molecule has 2 aliphatic rings. The van der Waals surface area contributed by atoms with Gasteiger partial charge in [-0.3, -0.25) is 4.90 Å². The number of para-hydroxylation sites is 1. The Hall–Kier alpha value is -0.920. The number of piperazine rings is 1. The molecule has 2 aliphatic heterocycles. The molecule has 4 rings (SSSR count). The van der Waals surface area contributed by atoms with Crippen LogP contribution in [0.25, 0.3) is 0 Å². The monoisotopic (exact) mass is 480 g/mol. The lowest BCUT2D eigenvalue weighted by Gasteiger charge is -2.42. The van der Waals surface area contributed by atoms with Crippen molar-refractivity contribution in [1.29, 1.82) is 0 Å². The minimum absolute atomic E-state index is 0.0146. The topological polar surface area (TPSA) is 33.7 Å². The van der Waals surface area contributed by atoms with Crippen LogP contribution in [0.4, 0.5) is 0 Å². The first kappa shape index (κ1) is 18.4. The van der Waals surface area contributed by atoms with Gasteiger partial charge in [-0.15, -0.1) is 0 Å². The SMILES string of the molecule is Brc1cc(Br)cc(CO[C@H]2COc3ccccc3[C@@H]2N2CCNCC2)c1. The van der Waals surface area contributed by atoms with Gasteiger partial charge in [0, 0.05) is 40.7 Å². The van der Waals surface area contributed by atoms with Crippen LogP contribution in [0.3, 0.4) is 0 Å². The van der Waals surface area contributed by atoms with E-state index in [0.29, 0.717) is 13.2 Å². The summed E-state index contributed by atoms with van der Waals surface area (Å²) < 4.78 is 14.5. The number of ether oxygens (including phenoxy) is 2. The Bertz CT molecular complexity index is 745. The van der Waals surface area contributed by atoms with Crippen molar-refractivity contribution >= 4 is 31.9 Å². The summed E-state index contributed by atoms with van der Waals surface area (Å²) in [5, 5.41) is 3.44. The largest absolute Gasteiger partial charge is 0.490 e. The predicted molar refractivity (Wildman–Crippen MR) is 110 cm³/mol. The van der Waals surface area contributed by atoms with Gasteiger partial charge in [-0.25, -0.2) is 0 Å². The zero-order chi connectivity index (χ0) is 17.9. The lowest BCUT2D eigenvalue weighted by molar-refractivity contribution is -0.0617. The van der Waals surface area contributed by atoms with E-state index in [9.17, 15) is 0 Å². The molecule has 1 saturated heterocycles. The minimum Gasteiger partial charge on any atom is -0.490 e. The van der Waals surface area contributed by atoms with Crippen LogP contribution in [0.15, 0.2) is 51.4 Å². The molecule has 0 bridgehead atoms. The first-order chi connectivity index (χ1) is 12.7. The number of benzene rings is 2. The Morgan fingerprint density at radius 1 is 1.08 bits per heavy atom. The smallest absolute Gasteiger partial charge is 0.124 e. The number of rotatable bonds is 4. The number of hydrogen-bond acceptors (Lipinski definition) is 4. The van der Waals surface area contributed by atoms with Gasteiger partial charge in [0.25, 0.3) is 0 Å². The van der Waals surface area contributed by atoms with Crippen molar-refractivity contribution in [3.63, 3.8) is 0 Å². The van der Waals surface area contributed by atoms with Crippen LogP contribution in [-0.4, -0.2) is 43.8 Å². The lowest BCUT2D eigenvalue weighted by atomic mass is 9.95. The number of fused-ring (bicyclic) bond motifs is 1. The lowest BCUT2D eigenvalue weighted by Crippen LogP contribution is -2.51. The molecule has 1 fully saturated rings. The predicted octanol–water partition coefficient (Wildman–Crippen LogP) is 4.14. The van der Waals surface area contributed by atoms with Crippen LogP contribution < -0.4 is 10.1 Å². The molecular formula is C20H22Br2N2O2. The van der Waals surface area contributed by atoms with Crippen LogP contribution in [0.2, 0.25) is 0 Å². The van der Waals surface area contributed by atoms with Crippen molar-refractivity contribution in [3.05, 3.63) is 62.5 Å². The van der Waals surface area contributed by atoms with Crippen molar-refractivity contribution in [1.82, 2.24) is 10.2 Å². The Morgan fingerprint density at radius 2 is 1.81 bits per heavy atom. The fraction of sp³-hybridized carbons (Fsp3) is 0.400. The van der Waals surface area contributed by atoms with Crippen molar-refractivity contribution < 1.29 is 9.47 Å². The van der Waals surface area contributed by atoms with E-state index >= 15 is 0 Å². The molecule has 2 heterocycles. The summed E-state index contributed by atoms with van der Waals surface area (Å²) in [7, 11) is 0. The number of nitrogens with one attached hydrogen (secondary N) is 1. The fourth-order valence-corrected chi connectivity index (χ4v) is 5.14. The summed E-state index contributed by atoms with van der Waals surface area (Å²) in [6, 6.07) is 14.8. The van der Waals surface area contributed by atoms with Gasteiger partial charge < -0.3 is 14.8 Å². The van der Waals surface area contributed by atoms with Gasteiger partial charge in [-0.2, -0.15) is 0 Å². The third kappa shape index (κ3) is 4.15. The highest BCUT2D eigenvalue weighted by Gasteiger charge is 2.36. The third-order valence-electron chi connectivity index (χ3n) is 4.92. The Morgan fingerprint density at radius 3 is 2.58 bits per heavy atom. The quantitative estimate of drug-likeness (QED) is 0.711. The number of hydrogen-bond donors (Lipinski definition) is 1.